The summed E-state index contributed by atoms with van der Waals surface area (Å²) in [5, 5.41) is 4.36. The normalized spacial score (nSPS) is 12.1. The monoisotopic (exact) mass is 506 g/mol. The van der Waals surface area contributed by atoms with Crippen molar-refractivity contribution in [3.05, 3.63) is 89.4 Å². The molecule has 0 unspecified atom stereocenters. The lowest BCUT2D eigenvalue weighted by Crippen LogP contribution is -2.24. The number of benzene rings is 3. The molecule has 0 saturated carbocycles. The highest BCUT2D eigenvalue weighted by molar-refractivity contribution is 9.10. The van der Waals surface area contributed by atoms with Gasteiger partial charge in [0.05, 0.1) is 11.4 Å². The molecule has 0 aliphatic rings. The standard InChI is InChI=1S/C22H14BrF3N2O2S/c23-17-13-11-15(12-14-17)19-21(31(29,30)22(24,25)26)20(16-7-3-1-4-8-16)28(27-19)18-9-5-2-6-10-18/h1-14H. The van der Waals surface area contributed by atoms with Gasteiger partial charge in [-0.3, -0.25) is 0 Å². The van der Waals surface area contributed by atoms with E-state index in [2.05, 4.69) is 21.0 Å². The van der Waals surface area contributed by atoms with Gasteiger partial charge in [-0.25, -0.2) is 13.1 Å². The van der Waals surface area contributed by atoms with E-state index in [-0.39, 0.29) is 17.0 Å². The lowest BCUT2D eigenvalue weighted by molar-refractivity contribution is -0.0435. The molecule has 4 nitrogen and oxygen atoms in total. The van der Waals surface area contributed by atoms with E-state index in [1.54, 1.807) is 72.8 Å². The lowest BCUT2D eigenvalue weighted by atomic mass is 10.1. The quantitative estimate of drug-likeness (QED) is 0.328. The van der Waals surface area contributed by atoms with Gasteiger partial charge >= 0.3 is 5.51 Å². The number of alkyl halides is 3. The SMILES string of the molecule is O=S(=O)(c1c(-c2ccc(Br)cc2)nn(-c2ccccc2)c1-c1ccccc1)C(F)(F)F. The fraction of sp³-hybridized carbons (Fsp3) is 0.0455. The van der Waals surface area contributed by atoms with Crippen molar-refractivity contribution in [2.45, 2.75) is 10.4 Å². The van der Waals surface area contributed by atoms with Crippen LogP contribution in [0.2, 0.25) is 0 Å². The molecule has 0 radical (unpaired) electrons. The fourth-order valence-corrected chi connectivity index (χ4v) is 4.54. The van der Waals surface area contributed by atoms with E-state index < -0.39 is 20.2 Å². The predicted molar refractivity (Wildman–Crippen MR) is 115 cm³/mol. The van der Waals surface area contributed by atoms with Gasteiger partial charge in [-0.05, 0) is 24.3 Å². The fourth-order valence-electron chi connectivity index (χ4n) is 3.18. The minimum absolute atomic E-state index is 0.151. The Labute approximate surface area is 185 Å². The first-order chi connectivity index (χ1) is 14.7. The Morgan fingerprint density at radius 1 is 0.774 bits per heavy atom. The average Bonchev–Trinajstić information content (AvgIpc) is 3.16. The van der Waals surface area contributed by atoms with E-state index >= 15 is 0 Å². The van der Waals surface area contributed by atoms with Crippen molar-refractivity contribution in [1.29, 1.82) is 0 Å². The molecule has 0 aliphatic heterocycles. The van der Waals surface area contributed by atoms with Gasteiger partial charge in [0.15, 0.2) is 0 Å². The third-order valence-electron chi connectivity index (χ3n) is 4.58. The van der Waals surface area contributed by atoms with E-state index in [0.717, 1.165) is 0 Å². The first-order valence-electron chi connectivity index (χ1n) is 9.01. The number of aromatic nitrogens is 2. The molecule has 0 amide bonds. The van der Waals surface area contributed by atoms with Crippen LogP contribution < -0.4 is 0 Å². The predicted octanol–water partition coefficient (Wildman–Crippen LogP) is 6.26. The molecule has 0 atom stereocenters. The molecular formula is C22H14BrF3N2O2S. The minimum atomic E-state index is -5.73. The number of hydrogen-bond acceptors (Lipinski definition) is 3. The molecule has 4 rings (SSSR count). The second kappa shape index (κ2) is 7.97. The maximum Gasteiger partial charge on any atom is 0.502 e. The zero-order valence-corrected chi connectivity index (χ0v) is 18.1. The number of para-hydroxylation sites is 1. The van der Waals surface area contributed by atoms with Crippen LogP contribution in [0.1, 0.15) is 0 Å². The first-order valence-corrected chi connectivity index (χ1v) is 11.3. The summed E-state index contributed by atoms with van der Waals surface area (Å²) in [6.07, 6.45) is 0. The smallest absolute Gasteiger partial charge is 0.231 e. The third-order valence-corrected chi connectivity index (χ3v) is 6.64. The Balaban J connectivity index is 2.16. The summed E-state index contributed by atoms with van der Waals surface area (Å²) in [4.78, 5) is -0.877. The summed E-state index contributed by atoms with van der Waals surface area (Å²) in [5.41, 5.74) is -4.94. The van der Waals surface area contributed by atoms with E-state index in [4.69, 9.17) is 0 Å². The summed E-state index contributed by atoms with van der Waals surface area (Å²) in [6, 6.07) is 22.8. The van der Waals surface area contributed by atoms with Gasteiger partial charge in [-0.15, -0.1) is 0 Å². The Bertz CT molecular complexity index is 1320. The molecule has 158 valence electrons. The molecule has 9 heteroatoms. The van der Waals surface area contributed by atoms with Crippen LogP contribution in [0.25, 0.3) is 28.2 Å². The minimum Gasteiger partial charge on any atom is -0.231 e. The first kappa shape index (κ1) is 21.3. The highest BCUT2D eigenvalue weighted by atomic mass is 79.9. The molecule has 0 fully saturated rings. The molecular weight excluding hydrogens is 493 g/mol. The number of rotatable bonds is 4. The molecule has 4 aromatic rings. The van der Waals surface area contributed by atoms with Crippen molar-refractivity contribution in [1.82, 2.24) is 9.78 Å². The summed E-state index contributed by atoms with van der Waals surface area (Å²) in [5.74, 6) is 0. The zero-order valence-electron chi connectivity index (χ0n) is 15.7. The van der Waals surface area contributed by atoms with Crippen molar-refractivity contribution in [3.8, 4) is 28.2 Å². The van der Waals surface area contributed by atoms with Crippen LogP contribution in [-0.2, 0) is 9.84 Å². The summed E-state index contributed by atoms with van der Waals surface area (Å²) in [6.45, 7) is 0. The van der Waals surface area contributed by atoms with Crippen molar-refractivity contribution >= 4 is 25.8 Å². The summed E-state index contributed by atoms with van der Waals surface area (Å²) >= 11 is 3.28. The summed E-state index contributed by atoms with van der Waals surface area (Å²) < 4.78 is 68.7. The van der Waals surface area contributed by atoms with Gasteiger partial charge in [-0.1, -0.05) is 76.6 Å². The number of nitrogens with zero attached hydrogens (tertiary/aromatic N) is 2. The van der Waals surface area contributed by atoms with Gasteiger partial charge in [-0.2, -0.15) is 18.3 Å². The van der Waals surface area contributed by atoms with Crippen molar-refractivity contribution in [3.63, 3.8) is 0 Å². The molecule has 1 aromatic heterocycles. The lowest BCUT2D eigenvalue weighted by Gasteiger charge is -2.12. The van der Waals surface area contributed by atoms with Crippen molar-refractivity contribution < 1.29 is 21.6 Å². The van der Waals surface area contributed by atoms with Gasteiger partial charge < -0.3 is 0 Å². The molecule has 0 saturated heterocycles. The van der Waals surface area contributed by atoms with Gasteiger partial charge in [0.2, 0.25) is 0 Å². The number of halogens is 4. The van der Waals surface area contributed by atoms with Crippen molar-refractivity contribution in [2.75, 3.05) is 0 Å². The molecule has 3 aromatic carbocycles. The summed E-state index contributed by atoms with van der Waals surface area (Å²) in [7, 11) is -5.73. The van der Waals surface area contributed by atoms with E-state index in [9.17, 15) is 21.6 Å². The molecule has 0 aliphatic carbocycles. The average molecular weight is 507 g/mol. The van der Waals surface area contributed by atoms with Crippen molar-refractivity contribution in [2.24, 2.45) is 0 Å². The van der Waals surface area contributed by atoms with Crippen LogP contribution in [0.4, 0.5) is 13.2 Å². The zero-order chi connectivity index (χ0) is 22.2. The maximum atomic E-state index is 13.8. The highest BCUT2D eigenvalue weighted by Gasteiger charge is 2.51. The topological polar surface area (TPSA) is 52.0 Å². The number of hydrogen-bond donors (Lipinski definition) is 0. The molecule has 0 N–H and O–H groups in total. The second-order valence-electron chi connectivity index (χ2n) is 6.60. The molecule has 0 spiro atoms. The maximum absolute atomic E-state index is 13.8. The van der Waals surface area contributed by atoms with Crippen LogP contribution in [0, 0.1) is 0 Å². The van der Waals surface area contributed by atoms with E-state index in [0.29, 0.717) is 15.7 Å². The largest absolute Gasteiger partial charge is 0.502 e. The molecule has 0 bridgehead atoms. The van der Waals surface area contributed by atoms with Crippen LogP contribution in [0.5, 0.6) is 0 Å². The van der Waals surface area contributed by atoms with Gasteiger partial charge in [0.25, 0.3) is 9.84 Å². The van der Waals surface area contributed by atoms with E-state index in [1.165, 1.54) is 16.8 Å². The molecule has 31 heavy (non-hydrogen) atoms. The third kappa shape index (κ3) is 3.90. The Morgan fingerprint density at radius 2 is 1.32 bits per heavy atom. The van der Waals surface area contributed by atoms with Crippen LogP contribution >= 0.6 is 15.9 Å². The van der Waals surface area contributed by atoms with Gasteiger partial charge in [0.1, 0.15) is 10.6 Å². The Hall–Kier alpha value is -2.91. The van der Waals surface area contributed by atoms with Crippen LogP contribution in [-0.4, -0.2) is 23.7 Å². The van der Waals surface area contributed by atoms with E-state index in [1.807, 2.05) is 0 Å². The number of sulfone groups is 1. The second-order valence-corrected chi connectivity index (χ2v) is 9.39. The molecule has 1 heterocycles. The van der Waals surface area contributed by atoms with Crippen LogP contribution in [0.15, 0.2) is 94.3 Å². The van der Waals surface area contributed by atoms with Gasteiger partial charge in [0, 0.05) is 15.6 Å². The Kier molecular flexibility index (Phi) is 5.49. The highest BCUT2D eigenvalue weighted by Crippen LogP contribution is 2.43. The Morgan fingerprint density at radius 3 is 1.87 bits per heavy atom. The van der Waals surface area contributed by atoms with Crippen LogP contribution in [0.3, 0.4) is 0 Å².